The van der Waals surface area contributed by atoms with E-state index < -0.39 is 0 Å². The normalized spacial score (nSPS) is 12.9. The Balaban J connectivity index is 4.16. The molecule has 4 heteroatoms. The summed E-state index contributed by atoms with van der Waals surface area (Å²) < 4.78 is 4.98. The first kappa shape index (κ1) is 14.4. The van der Waals surface area contributed by atoms with Gasteiger partial charge < -0.3 is 15.4 Å². The SMILES string of the molecule is CCC(N)CC(=O)N(CCOC)C(C)C. The first-order valence-corrected chi connectivity index (χ1v) is 5.56. The molecule has 90 valence electrons. The van der Waals surface area contributed by atoms with Crippen molar-refractivity contribution in [2.75, 3.05) is 20.3 Å². The van der Waals surface area contributed by atoms with Crippen LogP contribution in [-0.4, -0.2) is 43.2 Å². The third-order valence-corrected chi connectivity index (χ3v) is 2.44. The standard InChI is InChI=1S/C11H24N2O2/c1-5-10(12)8-11(14)13(9(2)3)6-7-15-4/h9-10H,5-8,12H2,1-4H3. The predicted molar refractivity (Wildman–Crippen MR) is 61.6 cm³/mol. The highest BCUT2D eigenvalue weighted by Crippen LogP contribution is 2.04. The highest BCUT2D eigenvalue weighted by atomic mass is 16.5. The molecule has 0 rings (SSSR count). The summed E-state index contributed by atoms with van der Waals surface area (Å²) in [7, 11) is 1.64. The Morgan fingerprint density at radius 3 is 2.47 bits per heavy atom. The van der Waals surface area contributed by atoms with E-state index in [1.165, 1.54) is 0 Å². The number of hydrogen-bond acceptors (Lipinski definition) is 3. The van der Waals surface area contributed by atoms with E-state index >= 15 is 0 Å². The van der Waals surface area contributed by atoms with Gasteiger partial charge in [0.15, 0.2) is 0 Å². The van der Waals surface area contributed by atoms with Crippen molar-refractivity contribution in [3.8, 4) is 0 Å². The van der Waals surface area contributed by atoms with Crippen LogP contribution >= 0.6 is 0 Å². The van der Waals surface area contributed by atoms with Crippen LogP contribution < -0.4 is 5.73 Å². The largest absolute Gasteiger partial charge is 0.383 e. The summed E-state index contributed by atoms with van der Waals surface area (Å²) in [5.41, 5.74) is 5.76. The topological polar surface area (TPSA) is 55.6 Å². The molecule has 0 aliphatic rings. The Morgan fingerprint density at radius 2 is 2.07 bits per heavy atom. The molecule has 0 aromatic rings. The van der Waals surface area contributed by atoms with Gasteiger partial charge in [0.05, 0.1) is 6.61 Å². The average Bonchev–Trinajstić information content (AvgIpc) is 2.17. The Labute approximate surface area is 92.8 Å². The summed E-state index contributed by atoms with van der Waals surface area (Å²) in [5.74, 6) is 0.122. The summed E-state index contributed by atoms with van der Waals surface area (Å²) in [6.45, 7) is 7.22. The van der Waals surface area contributed by atoms with Gasteiger partial charge in [0.1, 0.15) is 0 Å². The molecule has 2 N–H and O–H groups in total. The van der Waals surface area contributed by atoms with Gasteiger partial charge in [0, 0.05) is 32.2 Å². The zero-order chi connectivity index (χ0) is 11.8. The van der Waals surface area contributed by atoms with E-state index in [4.69, 9.17) is 10.5 Å². The predicted octanol–water partition coefficient (Wildman–Crippen LogP) is 0.997. The Hall–Kier alpha value is -0.610. The number of carbonyl (C=O) groups is 1. The molecule has 0 aliphatic carbocycles. The Kier molecular flexibility index (Phi) is 7.34. The highest BCUT2D eigenvalue weighted by molar-refractivity contribution is 5.77. The first-order chi connectivity index (χ1) is 7.02. The molecule has 0 radical (unpaired) electrons. The van der Waals surface area contributed by atoms with Crippen LogP contribution in [0, 0.1) is 0 Å². The molecule has 0 saturated heterocycles. The molecule has 0 heterocycles. The summed E-state index contributed by atoms with van der Waals surface area (Å²) >= 11 is 0. The summed E-state index contributed by atoms with van der Waals surface area (Å²) in [4.78, 5) is 13.7. The van der Waals surface area contributed by atoms with Gasteiger partial charge in [-0.25, -0.2) is 0 Å². The second-order valence-electron chi connectivity index (χ2n) is 4.05. The van der Waals surface area contributed by atoms with E-state index in [0.29, 0.717) is 19.6 Å². The zero-order valence-corrected chi connectivity index (χ0v) is 10.3. The lowest BCUT2D eigenvalue weighted by Gasteiger charge is -2.27. The Bertz CT molecular complexity index is 183. The molecule has 0 aromatic carbocycles. The molecule has 1 atom stereocenters. The van der Waals surface area contributed by atoms with E-state index in [-0.39, 0.29) is 18.0 Å². The lowest BCUT2D eigenvalue weighted by molar-refractivity contribution is -0.133. The number of rotatable bonds is 7. The van der Waals surface area contributed by atoms with E-state index in [1.807, 2.05) is 25.7 Å². The highest BCUT2D eigenvalue weighted by Gasteiger charge is 2.18. The van der Waals surface area contributed by atoms with Crippen molar-refractivity contribution in [1.29, 1.82) is 0 Å². The van der Waals surface area contributed by atoms with Crippen molar-refractivity contribution in [3.05, 3.63) is 0 Å². The average molecular weight is 216 g/mol. The molecule has 0 aromatic heterocycles. The van der Waals surface area contributed by atoms with E-state index in [1.54, 1.807) is 7.11 Å². The van der Waals surface area contributed by atoms with Crippen LogP contribution in [0.5, 0.6) is 0 Å². The van der Waals surface area contributed by atoms with Crippen molar-refractivity contribution in [1.82, 2.24) is 4.90 Å². The Morgan fingerprint density at radius 1 is 1.47 bits per heavy atom. The summed E-state index contributed by atoms with van der Waals surface area (Å²) in [6.07, 6.45) is 1.26. The van der Waals surface area contributed by atoms with Crippen LogP contribution in [-0.2, 0) is 9.53 Å². The van der Waals surface area contributed by atoms with Gasteiger partial charge in [-0.3, -0.25) is 4.79 Å². The monoisotopic (exact) mass is 216 g/mol. The maximum Gasteiger partial charge on any atom is 0.224 e. The molecule has 0 spiro atoms. The van der Waals surface area contributed by atoms with Gasteiger partial charge in [-0.05, 0) is 20.3 Å². The third-order valence-electron chi connectivity index (χ3n) is 2.44. The number of methoxy groups -OCH3 is 1. The minimum absolute atomic E-state index is 0.0266. The minimum Gasteiger partial charge on any atom is -0.383 e. The third kappa shape index (κ3) is 5.74. The minimum atomic E-state index is -0.0266. The van der Waals surface area contributed by atoms with Gasteiger partial charge in [-0.2, -0.15) is 0 Å². The number of amides is 1. The molecule has 15 heavy (non-hydrogen) atoms. The van der Waals surface area contributed by atoms with Crippen LogP contribution in [0.25, 0.3) is 0 Å². The zero-order valence-electron chi connectivity index (χ0n) is 10.3. The summed E-state index contributed by atoms with van der Waals surface area (Å²) in [6, 6.07) is 0.179. The van der Waals surface area contributed by atoms with Crippen molar-refractivity contribution >= 4 is 5.91 Å². The smallest absolute Gasteiger partial charge is 0.224 e. The molecule has 1 unspecified atom stereocenters. The van der Waals surface area contributed by atoms with Crippen LogP contribution in [0.2, 0.25) is 0 Å². The van der Waals surface area contributed by atoms with E-state index in [0.717, 1.165) is 6.42 Å². The van der Waals surface area contributed by atoms with Crippen molar-refractivity contribution < 1.29 is 9.53 Å². The van der Waals surface area contributed by atoms with Gasteiger partial charge >= 0.3 is 0 Å². The molecule has 0 bridgehead atoms. The number of ether oxygens (including phenoxy) is 1. The van der Waals surface area contributed by atoms with Crippen LogP contribution in [0.4, 0.5) is 0 Å². The lowest BCUT2D eigenvalue weighted by Crippen LogP contribution is -2.41. The van der Waals surface area contributed by atoms with Gasteiger partial charge in [0.25, 0.3) is 0 Å². The number of carbonyl (C=O) groups excluding carboxylic acids is 1. The molecule has 0 aliphatic heterocycles. The molecule has 4 nitrogen and oxygen atoms in total. The quantitative estimate of drug-likeness (QED) is 0.690. The van der Waals surface area contributed by atoms with E-state index in [9.17, 15) is 4.79 Å². The lowest BCUT2D eigenvalue weighted by atomic mass is 10.1. The molecular weight excluding hydrogens is 192 g/mol. The molecule has 1 amide bonds. The second-order valence-corrected chi connectivity index (χ2v) is 4.05. The maximum absolute atomic E-state index is 11.9. The fourth-order valence-corrected chi connectivity index (χ4v) is 1.35. The van der Waals surface area contributed by atoms with Crippen molar-refractivity contribution in [3.63, 3.8) is 0 Å². The van der Waals surface area contributed by atoms with Gasteiger partial charge in [-0.1, -0.05) is 6.92 Å². The van der Waals surface area contributed by atoms with Crippen LogP contribution in [0.1, 0.15) is 33.6 Å². The number of nitrogens with two attached hydrogens (primary N) is 1. The fraction of sp³-hybridized carbons (Fsp3) is 0.909. The van der Waals surface area contributed by atoms with Gasteiger partial charge in [-0.15, -0.1) is 0 Å². The molecule has 0 fully saturated rings. The number of hydrogen-bond donors (Lipinski definition) is 1. The van der Waals surface area contributed by atoms with Crippen molar-refractivity contribution in [2.24, 2.45) is 5.73 Å². The number of nitrogens with zero attached hydrogens (tertiary/aromatic N) is 1. The van der Waals surface area contributed by atoms with E-state index in [2.05, 4.69) is 0 Å². The van der Waals surface area contributed by atoms with Gasteiger partial charge in [0.2, 0.25) is 5.91 Å². The maximum atomic E-state index is 11.9. The first-order valence-electron chi connectivity index (χ1n) is 5.56. The molecular formula is C11H24N2O2. The van der Waals surface area contributed by atoms with Crippen LogP contribution in [0.3, 0.4) is 0 Å². The van der Waals surface area contributed by atoms with Crippen LogP contribution in [0.15, 0.2) is 0 Å². The second kappa shape index (κ2) is 7.65. The van der Waals surface area contributed by atoms with Crippen molar-refractivity contribution in [2.45, 2.75) is 45.7 Å². The fourth-order valence-electron chi connectivity index (χ4n) is 1.35. The summed E-state index contributed by atoms with van der Waals surface area (Å²) in [5, 5.41) is 0. The molecule has 0 saturated carbocycles.